The molecule has 0 heterocycles. The van der Waals surface area contributed by atoms with Crippen molar-refractivity contribution in [3.05, 3.63) is 48.5 Å². The van der Waals surface area contributed by atoms with Gasteiger partial charge in [-0.1, -0.05) is 12.1 Å². The van der Waals surface area contributed by atoms with Gasteiger partial charge in [0.05, 0.1) is 11.5 Å². The standard InChI is InChI=1S/C16H20N2O4S/c1-2-21-15-5-3-4-6-16(15)22-12-11-18-23(19,20)14-9-7-13(17)8-10-14/h3-10,18H,2,11-12,17H2,1H3. The van der Waals surface area contributed by atoms with Crippen LogP contribution in [0.25, 0.3) is 0 Å². The lowest BCUT2D eigenvalue weighted by atomic mass is 10.3. The molecule has 0 amide bonds. The van der Waals surface area contributed by atoms with Gasteiger partial charge in [0.15, 0.2) is 11.5 Å². The normalized spacial score (nSPS) is 11.2. The number of nitrogen functional groups attached to an aromatic ring is 1. The highest BCUT2D eigenvalue weighted by Gasteiger charge is 2.13. The number of sulfonamides is 1. The molecule has 0 atom stereocenters. The molecule has 124 valence electrons. The highest BCUT2D eigenvalue weighted by atomic mass is 32.2. The summed E-state index contributed by atoms with van der Waals surface area (Å²) in [7, 11) is -3.57. The zero-order valence-electron chi connectivity index (χ0n) is 12.9. The van der Waals surface area contributed by atoms with E-state index < -0.39 is 10.0 Å². The minimum absolute atomic E-state index is 0.146. The summed E-state index contributed by atoms with van der Waals surface area (Å²) in [5, 5.41) is 0. The van der Waals surface area contributed by atoms with Gasteiger partial charge < -0.3 is 15.2 Å². The van der Waals surface area contributed by atoms with Gasteiger partial charge in [0.2, 0.25) is 10.0 Å². The van der Waals surface area contributed by atoms with Gasteiger partial charge in [-0.3, -0.25) is 0 Å². The molecule has 6 nitrogen and oxygen atoms in total. The monoisotopic (exact) mass is 336 g/mol. The fourth-order valence-corrected chi connectivity index (χ4v) is 2.92. The molecule has 0 fully saturated rings. The Morgan fingerprint density at radius 3 is 2.22 bits per heavy atom. The number of para-hydroxylation sites is 2. The number of hydrogen-bond donors (Lipinski definition) is 2. The van der Waals surface area contributed by atoms with Crippen LogP contribution in [0.4, 0.5) is 5.69 Å². The molecule has 23 heavy (non-hydrogen) atoms. The molecule has 2 aromatic rings. The first kappa shape index (κ1) is 17.1. The predicted molar refractivity (Wildman–Crippen MR) is 89.1 cm³/mol. The maximum absolute atomic E-state index is 12.1. The molecule has 0 radical (unpaired) electrons. The molecule has 0 unspecified atom stereocenters. The largest absolute Gasteiger partial charge is 0.490 e. The highest BCUT2D eigenvalue weighted by Crippen LogP contribution is 2.26. The number of nitrogens with two attached hydrogens (primary N) is 1. The molecule has 2 aromatic carbocycles. The van der Waals surface area contributed by atoms with Gasteiger partial charge in [-0.15, -0.1) is 0 Å². The average Bonchev–Trinajstić information content (AvgIpc) is 2.54. The van der Waals surface area contributed by atoms with Crippen LogP contribution < -0.4 is 19.9 Å². The Morgan fingerprint density at radius 1 is 1.00 bits per heavy atom. The SMILES string of the molecule is CCOc1ccccc1OCCNS(=O)(=O)c1ccc(N)cc1. The molecule has 7 heteroatoms. The quantitative estimate of drug-likeness (QED) is 0.568. The molecular weight excluding hydrogens is 316 g/mol. The van der Waals surface area contributed by atoms with Crippen molar-refractivity contribution in [1.82, 2.24) is 4.72 Å². The van der Waals surface area contributed by atoms with Crippen molar-refractivity contribution in [2.75, 3.05) is 25.5 Å². The van der Waals surface area contributed by atoms with Crippen molar-refractivity contribution in [1.29, 1.82) is 0 Å². The van der Waals surface area contributed by atoms with Crippen LogP contribution in [0.1, 0.15) is 6.92 Å². The third-order valence-corrected chi connectivity index (χ3v) is 4.47. The van der Waals surface area contributed by atoms with E-state index in [1.807, 2.05) is 19.1 Å². The number of rotatable bonds is 8. The van der Waals surface area contributed by atoms with Crippen molar-refractivity contribution in [2.24, 2.45) is 0 Å². The van der Waals surface area contributed by atoms with Crippen LogP contribution in [0.5, 0.6) is 11.5 Å². The molecule has 0 aliphatic heterocycles. The Morgan fingerprint density at radius 2 is 1.61 bits per heavy atom. The first-order chi connectivity index (χ1) is 11.0. The van der Waals surface area contributed by atoms with Gasteiger partial charge in [0.25, 0.3) is 0 Å². The van der Waals surface area contributed by atoms with Gasteiger partial charge >= 0.3 is 0 Å². The van der Waals surface area contributed by atoms with Crippen molar-refractivity contribution in [3.8, 4) is 11.5 Å². The maximum Gasteiger partial charge on any atom is 0.240 e. The van der Waals surface area contributed by atoms with E-state index in [0.29, 0.717) is 23.8 Å². The minimum atomic E-state index is -3.57. The molecule has 0 aromatic heterocycles. The first-order valence-electron chi connectivity index (χ1n) is 7.23. The molecule has 0 spiro atoms. The zero-order valence-corrected chi connectivity index (χ0v) is 13.7. The van der Waals surface area contributed by atoms with Crippen LogP contribution in [0.15, 0.2) is 53.4 Å². The molecule has 0 aliphatic carbocycles. The fourth-order valence-electron chi connectivity index (χ4n) is 1.91. The van der Waals surface area contributed by atoms with E-state index in [1.54, 1.807) is 24.3 Å². The second-order valence-electron chi connectivity index (χ2n) is 4.70. The lowest BCUT2D eigenvalue weighted by Gasteiger charge is -2.12. The number of hydrogen-bond acceptors (Lipinski definition) is 5. The average molecular weight is 336 g/mol. The first-order valence-corrected chi connectivity index (χ1v) is 8.71. The van der Waals surface area contributed by atoms with E-state index in [1.165, 1.54) is 12.1 Å². The molecule has 0 saturated carbocycles. The van der Waals surface area contributed by atoms with Gasteiger partial charge in [0, 0.05) is 12.2 Å². The molecule has 0 saturated heterocycles. The fraction of sp³-hybridized carbons (Fsp3) is 0.250. The summed E-state index contributed by atoms with van der Waals surface area (Å²) >= 11 is 0. The van der Waals surface area contributed by atoms with E-state index in [9.17, 15) is 8.42 Å². The van der Waals surface area contributed by atoms with Crippen molar-refractivity contribution in [2.45, 2.75) is 11.8 Å². The van der Waals surface area contributed by atoms with E-state index in [4.69, 9.17) is 15.2 Å². The summed E-state index contributed by atoms with van der Waals surface area (Å²) in [4.78, 5) is 0.168. The van der Waals surface area contributed by atoms with E-state index in [-0.39, 0.29) is 18.0 Å². The molecule has 3 N–H and O–H groups in total. The summed E-state index contributed by atoms with van der Waals surface area (Å²) in [6.07, 6.45) is 0. The predicted octanol–water partition coefficient (Wildman–Crippen LogP) is 2.02. The maximum atomic E-state index is 12.1. The molecule has 2 rings (SSSR count). The molecule has 0 aliphatic rings. The summed E-state index contributed by atoms with van der Waals surface area (Å²) in [5.74, 6) is 1.22. The third-order valence-electron chi connectivity index (χ3n) is 2.99. The Kier molecular flexibility index (Phi) is 5.84. The Balaban J connectivity index is 1.89. The summed E-state index contributed by atoms with van der Waals surface area (Å²) < 4.78 is 37.7. The number of anilines is 1. The number of benzene rings is 2. The van der Waals surface area contributed by atoms with Crippen molar-refractivity contribution < 1.29 is 17.9 Å². The Bertz CT molecular complexity index is 730. The summed E-state index contributed by atoms with van der Waals surface area (Å²) in [5.41, 5.74) is 6.06. The second-order valence-corrected chi connectivity index (χ2v) is 6.46. The van der Waals surface area contributed by atoms with Crippen molar-refractivity contribution >= 4 is 15.7 Å². The van der Waals surface area contributed by atoms with Gasteiger partial charge in [0.1, 0.15) is 6.61 Å². The second kappa shape index (κ2) is 7.85. The Hall–Kier alpha value is -2.25. The van der Waals surface area contributed by atoms with Crippen LogP contribution >= 0.6 is 0 Å². The van der Waals surface area contributed by atoms with Gasteiger partial charge in [-0.2, -0.15) is 0 Å². The van der Waals surface area contributed by atoms with Gasteiger partial charge in [-0.25, -0.2) is 13.1 Å². The summed E-state index contributed by atoms with van der Waals surface area (Å²) in [6, 6.07) is 13.3. The van der Waals surface area contributed by atoms with Crippen LogP contribution in [0.3, 0.4) is 0 Å². The third kappa shape index (κ3) is 4.87. The number of ether oxygens (including phenoxy) is 2. The summed E-state index contributed by atoms with van der Waals surface area (Å²) in [6.45, 7) is 2.76. The van der Waals surface area contributed by atoms with Crippen LogP contribution in [-0.2, 0) is 10.0 Å². The lowest BCUT2D eigenvalue weighted by molar-refractivity contribution is 0.280. The van der Waals surface area contributed by atoms with Gasteiger partial charge in [-0.05, 0) is 43.3 Å². The van der Waals surface area contributed by atoms with Crippen LogP contribution in [0, 0.1) is 0 Å². The topological polar surface area (TPSA) is 90.6 Å². The van der Waals surface area contributed by atoms with E-state index >= 15 is 0 Å². The van der Waals surface area contributed by atoms with Crippen LogP contribution in [0.2, 0.25) is 0 Å². The van der Waals surface area contributed by atoms with Crippen LogP contribution in [-0.4, -0.2) is 28.2 Å². The smallest absolute Gasteiger partial charge is 0.240 e. The Labute approximate surface area is 136 Å². The van der Waals surface area contributed by atoms with E-state index in [2.05, 4.69) is 4.72 Å². The molecular formula is C16H20N2O4S. The zero-order chi connectivity index (χ0) is 16.7. The molecule has 0 bridgehead atoms. The lowest BCUT2D eigenvalue weighted by Crippen LogP contribution is -2.28. The van der Waals surface area contributed by atoms with E-state index in [0.717, 1.165) is 0 Å². The minimum Gasteiger partial charge on any atom is -0.490 e. The number of nitrogens with one attached hydrogen (secondary N) is 1. The highest BCUT2D eigenvalue weighted by molar-refractivity contribution is 7.89. The van der Waals surface area contributed by atoms with Crippen molar-refractivity contribution in [3.63, 3.8) is 0 Å².